The van der Waals surface area contributed by atoms with Crippen molar-refractivity contribution >= 4 is 12.3 Å². The van der Waals surface area contributed by atoms with Crippen LogP contribution in [-0.4, -0.2) is 36.4 Å². The minimum atomic E-state index is -0.226. The highest BCUT2D eigenvalue weighted by atomic mass is 16.6. The van der Waals surface area contributed by atoms with Gasteiger partial charge in [-0.2, -0.15) is 0 Å². The van der Waals surface area contributed by atoms with Crippen molar-refractivity contribution in [3.05, 3.63) is 0 Å². The van der Waals surface area contributed by atoms with Gasteiger partial charge < -0.3 is 9.47 Å². The molecule has 0 saturated heterocycles. The normalized spacial score (nSPS) is 11.1. The molecular weight excluding hydrogens is 352 g/mol. The molecular formula is C24H47O4+. The van der Waals surface area contributed by atoms with Crippen LogP contribution in [-0.2, 0) is 14.3 Å². The molecule has 4 nitrogen and oxygen atoms in total. The van der Waals surface area contributed by atoms with E-state index in [1.807, 2.05) is 0 Å². The number of aldehydes is 1. The second-order valence-electron chi connectivity index (χ2n) is 7.96. The summed E-state index contributed by atoms with van der Waals surface area (Å²) in [6.07, 6.45) is 20.8. The first-order valence-electron chi connectivity index (χ1n) is 12.0. The van der Waals surface area contributed by atoms with Crippen LogP contribution in [0, 0.1) is 0 Å². The average molecular weight is 400 g/mol. The predicted molar refractivity (Wildman–Crippen MR) is 119 cm³/mol. The summed E-state index contributed by atoms with van der Waals surface area (Å²) >= 11 is 0. The van der Waals surface area contributed by atoms with Crippen molar-refractivity contribution in [2.24, 2.45) is 0 Å². The number of hydrogen-bond donors (Lipinski definition) is 0. The van der Waals surface area contributed by atoms with Gasteiger partial charge in [-0.15, -0.1) is 0 Å². The van der Waals surface area contributed by atoms with Crippen LogP contribution in [0.15, 0.2) is 0 Å². The van der Waals surface area contributed by atoms with E-state index in [-0.39, 0.29) is 18.7 Å². The number of carbonyl (C=O) groups is 1. The third-order valence-electron chi connectivity index (χ3n) is 5.15. The van der Waals surface area contributed by atoms with Crippen LogP contribution >= 0.6 is 0 Å². The van der Waals surface area contributed by atoms with E-state index in [0.29, 0.717) is 13.0 Å². The quantitative estimate of drug-likeness (QED) is 0.0874. The first kappa shape index (κ1) is 27.1. The molecule has 0 aromatic heterocycles. The van der Waals surface area contributed by atoms with Crippen LogP contribution in [0.3, 0.4) is 0 Å². The molecule has 0 rings (SSSR count). The molecule has 0 aromatic rings. The molecule has 0 radical (unpaired) electrons. The van der Waals surface area contributed by atoms with Crippen LogP contribution in [0.5, 0.6) is 0 Å². The van der Waals surface area contributed by atoms with Gasteiger partial charge in [0.15, 0.2) is 0 Å². The molecule has 0 aliphatic heterocycles. The van der Waals surface area contributed by atoms with E-state index in [4.69, 9.17) is 14.3 Å². The Hall–Kier alpha value is -0.900. The lowest BCUT2D eigenvalue weighted by molar-refractivity contribution is -0.155. The zero-order valence-corrected chi connectivity index (χ0v) is 18.8. The highest BCUT2D eigenvalue weighted by Gasteiger charge is 2.14. The maximum Gasteiger partial charge on any atom is 0.332 e. The topological polar surface area (TPSA) is 56.9 Å². The molecule has 0 heterocycles. The first-order valence-corrected chi connectivity index (χ1v) is 12.0. The lowest BCUT2D eigenvalue weighted by Gasteiger charge is -2.18. The van der Waals surface area contributed by atoms with Crippen molar-refractivity contribution in [2.45, 2.75) is 129 Å². The Bertz CT molecular complexity index is 327. The van der Waals surface area contributed by atoms with Crippen molar-refractivity contribution in [1.29, 1.82) is 0 Å². The van der Waals surface area contributed by atoms with Gasteiger partial charge in [-0.3, -0.25) is 4.79 Å². The molecule has 0 bridgehead atoms. The Morgan fingerprint density at radius 3 is 1.86 bits per heavy atom. The third-order valence-corrected chi connectivity index (χ3v) is 5.15. The average Bonchev–Trinajstić information content (AvgIpc) is 2.69. The summed E-state index contributed by atoms with van der Waals surface area (Å²) in [5, 5.41) is 0. The van der Waals surface area contributed by atoms with Crippen LogP contribution < -0.4 is 0 Å². The lowest BCUT2D eigenvalue weighted by atomic mass is 10.0. The van der Waals surface area contributed by atoms with Gasteiger partial charge in [0.1, 0.15) is 12.7 Å². The lowest BCUT2D eigenvalue weighted by Crippen LogP contribution is -2.22. The summed E-state index contributed by atoms with van der Waals surface area (Å²) in [6.45, 7) is 5.07. The van der Waals surface area contributed by atoms with E-state index in [0.717, 1.165) is 38.5 Å². The van der Waals surface area contributed by atoms with Gasteiger partial charge in [-0.05, 0) is 38.5 Å². The van der Waals surface area contributed by atoms with Gasteiger partial charge >= 0.3 is 5.97 Å². The fourth-order valence-corrected chi connectivity index (χ4v) is 3.38. The zero-order chi connectivity index (χ0) is 20.7. The van der Waals surface area contributed by atoms with Gasteiger partial charge in [-0.25, -0.2) is 4.79 Å². The van der Waals surface area contributed by atoms with E-state index in [1.54, 1.807) is 0 Å². The van der Waals surface area contributed by atoms with E-state index in [2.05, 4.69) is 13.8 Å². The van der Waals surface area contributed by atoms with Crippen LogP contribution in [0.25, 0.3) is 0 Å². The Kier molecular flexibility index (Phi) is 21.7. The number of ether oxygens (including phenoxy) is 2. The van der Waals surface area contributed by atoms with E-state index < -0.39 is 0 Å². The van der Waals surface area contributed by atoms with Crippen molar-refractivity contribution in [3.8, 4) is 0 Å². The Morgan fingerprint density at radius 2 is 1.32 bits per heavy atom. The molecule has 0 atom stereocenters. The van der Waals surface area contributed by atoms with Crippen LogP contribution in [0.2, 0.25) is 0 Å². The highest BCUT2D eigenvalue weighted by molar-refractivity contribution is 5.70. The van der Waals surface area contributed by atoms with Crippen molar-refractivity contribution < 1.29 is 19.1 Å². The molecule has 0 fully saturated rings. The van der Waals surface area contributed by atoms with Gasteiger partial charge in [0.2, 0.25) is 0 Å². The van der Waals surface area contributed by atoms with Gasteiger partial charge in [-0.1, -0.05) is 78.1 Å². The summed E-state index contributed by atoms with van der Waals surface area (Å²) in [6, 6.07) is 0. The highest BCUT2D eigenvalue weighted by Crippen LogP contribution is 2.17. The first-order chi connectivity index (χ1) is 13.7. The Balaban J connectivity index is 4.00. The van der Waals surface area contributed by atoms with E-state index in [1.165, 1.54) is 70.5 Å². The second-order valence-corrected chi connectivity index (χ2v) is 7.96. The fourth-order valence-electron chi connectivity index (χ4n) is 3.38. The van der Waals surface area contributed by atoms with Gasteiger partial charge in [0, 0.05) is 6.61 Å². The Labute approximate surface area is 174 Å². The predicted octanol–water partition coefficient (Wildman–Crippen LogP) is 6.76. The van der Waals surface area contributed by atoms with Crippen LogP contribution in [0.1, 0.15) is 123 Å². The SMILES string of the molecule is CCCCCCCCC(CCCCCCCC)OC(=O)COCCCCC=[OH+]. The summed E-state index contributed by atoms with van der Waals surface area (Å²) in [5.41, 5.74) is 0. The molecule has 0 spiro atoms. The smallest absolute Gasteiger partial charge is 0.332 e. The molecule has 0 unspecified atom stereocenters. The number of hydrogen-bond acceptors (Lipinski definition) is 3. The summed E-state index contributed by atoms with van der Waals surface area (Å²) < 4.78 is 11.1. The zero-order valence-electron chi connectivity index (χ0n) is 18.8. The Morgan fingerprint density at radius 1 is 0.786 bits per heavy atom. The summed E-state index contributed by atoms with van der Waals surface area (Å²) in [5.74, 6) is -0.226. The number of esters is 1. The fraction of sp³-hybridized carbons (Fsp3) is 0.917. The standard InChI is InChI=1S/C24H46O4/c1-3-5-7-9-11-14-18-23(19-15-12-10-8-6-4-2)28-24(26)22-27-21-17-13-16-20-25/h20,23H,3-19,21-22H2,1-2H3/p+1. The maximum absolute atomic E-state index is 12.1. The number of rotatable bonds is 22. The molecule has 28 heavy (non-hydrogen) atoms. The number of unbranched alkanes of at least 4 members (excludes halogenated alkanes) is 12. The minimum absolute atomic E-state index is 0.0480. The van der Waals surface area contributed by atoms with Gasteiger partial charge in [0.05, 0.1) is 6.42 Å². The maximum atomic E-state index is 12.1. The minimum Gasteiger partial charge on any atom is -0.461 e. The molecule has 4 heteroatoms. The second kappa shape index (κ2) is 22.4. The summed E-state index contributed by atoms with van der Waals surface area (Å²) in [7, 11) is 0. The molecule has 0 aromatic carbocycles. The van der Waals surface area contributed by atoms with Gasteiger partial charge in [0.25, 0.3) is 6.29 Å². The monoisotopic (exact) mass is 399 g/mol. The number of carbonyl (C=O) groups excluding carboxylic acids is 2. The molecule has 0 amide bonds. The largest absolute Gasteiger partial charge is 0.461 e. The molecule has 166 valence electrons. The van der Waals surface area contributed by atoms with Crippen molar-refractivity contribution in [3.63, 3.8) is 0 Å². The molecule has 0 aliphatic rings. The molecule has 1 N–H and O–H groups in total. The van der Waals surface area contributed by atoms with Crippen molar-refractivity contribution in [2.75, 3.05) is 13.2 Å². The summed E-state index contributed by atoms with van der Waals surface area (Å²) in [4.78, 5) is 20.7. The van der Waals surface area contributed by atoms with E-state index >= 15 is 0 Å². The van der Waals surface area contributed by atoms with E-state index in [9.17, 15) is 4.79 Å². The molecule has 0 saturated carbocycles. The molecule has 0 aliphatic carbocycles. The van der Waals surface area contributed by atoms with Crippen LogP contribution in [0.4, 0.5) is 0 Å². The third kappa shape index (κ3) is 19.9. The van der Waals surface area contributed by atoms with Crippen molar-refractivity contribution in [1.82, 2.24) is 0 Å².